The minimum Gasteiger partial charge on any atom is -0.328 e. The monoisotopic (exact) mass is 246 g/mol. The minimum absolute atomic E-state index is 0.103. The molecule has 1 fully saturated rings. The van der Waals surface area contributed by atoms with Crippen molar-refractivity contribution >= 4 is 11.6 Å². The fourth-order valence-corrected chi connectivity index (χ4v) is 2.79. The quantitative estimate of drug-likeness (QED) is 0.871. The summed E-state index contributed by atoms with van der Waals surface area (Å²) in [5.41, 5.74) is 9.24. The second-order valence-corrected chi connectivity index (χ2v) is 5.51. The molecular formula is C15H22N2O. The molecule has 2 unspecified atom stereocenters. The van der Waals surface area contributed by atoms with Crippen LogP contribution in [0.15, 0.2) is 18.2 Å². The first kappa shape index (κ1) is 13.1. The average molecular weight is 246 g/mol. The van der Waals surface area contributed by atoms with Gasteiger partial charge in [-0.15, -0.1) is 0 Å². The lowest BCUT2D eigenvalue weighted by molar-refractivity contribution is -0.121. The topological polar surface area (TPSA) is 46.3 Å². The van der Waals surface area contributed by atoms with Gasteiger partial charge in [0.2, 0.25) is 5.91 Å². The van der Waals surface area contributed by atoms with Gasteiger partial charge in [0.25, 0.3) is 0 Å². The molecule has 18 heavy (non-hydrogen) atoms. The van der Waals surface area contributed by atoms with Crippen LogP contribution < -0.4 is 10.6 Å². The van der Waals surface area contributed by atoms with Crippen LogP contribution in [-0.2, 0) is 4.79 Å². The minimum atomic E-state index is 0.103. The normalized spacial score (nSPS) is 23.1. The largest absolute Gasteiger partial charge is 0.328 e. The van der Waals surface area contributed by atoms with E-state index in [0.29, 0.717) is 0 Å². The van der Waals surface area contributed by atoms with Crippen LogP contribution in [0.1, 0.15) is 30.4 Å². The van der Waals surface area contributed by atoms with Gasteiger partial charge < -0.3 is 10.6 Å². The van der Waals surface area contributed by atoms with E-state index in [2.05, 4.69) is 32.0 Å². The number of benzene rings is 1. The van der Waals surface area contributed by atoms with Crippen molar-refractivity contribution in [2.45, 2.75) is 39.2 Å². The molecule has 0 spiro atoms. The zero-order valence-electron chi connectivity index (χ0n) is 11.4. The number of rotatable bonds is 2. The van der Waals surface area contributed by atoms with E-state index in [9.17, 15) is 4.79 Å². The van der Waals surface area contributed by atoms with Gasteiger partial charge in [-0.25, -0.2) is 0 Å². The first-order chi connectivity index (χ1) is 8.47. The van der Waals surface area contributed by atoms with Crippen molar-refractivity contribution in [2.75, 3.05) is 11.9 Å². The molecule has 1 amide bonds. The number of carbonyl (C=O) groups is 1. The van der Waals surface area contributed by atoms with Crippen LogP contribution in [0, 0.1) is 19.8 Å². The van der Waals surface area contributed by atoms with Crippen molar-refractivity contribution in [1.29, 1.82) is 0 Å². The van der Waals surface area contributed by atoms with E-state index in [1.807, 2.05) is 7.05 Å². The molecule has 3 nitrogen and oxygen atoms in total. The predicted octanol–water partition coefficient (Wildman–Crippen LogP) is 2.39. The Morgan fingerprint density at radius 3 is 2.33 bits per heavy atom. The Morgan fingerprint density at radius 1 is 1.22 bits per heavy atom. The molecule has 2 atom stereocenters. The van der Waals surface area contributed by atoms with Gasteiger partial charge in [0, 0.05) is 24.7 Å². The van der Waals surface area contributed by atoms with Crippen molar-refractivity contribution in [2.24, 2.45) is 11.7 Å². The summed E-state index contributed by atoms with van der Waals surface area (Å²) in [7, 11) is 1.86. The highest BCUT2D eigenvalue weighted by Crippen LogP contribution is 2.28. The summed E-state index contributed by atoms with van der Waals surface area (Å²) < 4.78 is 0. The van der Waals surface area contributed by atoms with Gasteiger partial charge >= 0.3 is 0 Å². The Bertz CT molecular complexity index is 436. The van der Waals surface area contributed by atoms with Crippen LogP contribution in [-0.4, -0.2) is 19.0 Å². The number of nitrogens with two attached hydrogens (primary N) is 1. The lowest BCUT2D eigenvalue weighted by Crippen LogP contribution is -2.32. The van der Waals surface area contributed by atoms with Crippen LogP contribution in [0.4, 0.5) is 5.69 Å². The summed E-state index contributed by atoms with van der Waals surface area (Å²) in [6.07, 6.45) is 2.72. The van der Waals surface area contributed by atoms with Crippen molar-refractivity contribution in [1.82, 2.24) is 0 Å². The Labute approximate surface area is 109 Å². The highest BCUT2D eigenvalue weighted by atomic mass is 16.2. The SMILES string of the molecule is Cc1cc(C)cc(N(C)C(=O)C2CCC(N)C2)c1. The second kappa shape index (κ2) is 5.11. The smallest absolute Gasteiger partial charge is 0.229 e. The molecule has 2 rings (SSSR count). The molecule has 0 radical (unpaired) electrons. The molecule has 1 saturated carbocycles. The number of anilines is 1. The summed E-state index contributed by atoms with van der Waals surface area (Å²) in [5.74, 6) is 0.304. The van der Waals surface area contributed by atoms with E-state index in [4.69, 9.17) is 5.73 Å². The Morgan fingerprint density at radius 2 is 1.83 bits per heavy atom. The molecule has 1 aromatic rings. The third-order valence-electron chi connectivity index (χ3n) is 3.75. The zero-order valence-corrected chi connectivity index (χ0v) is 11.4. The summed E-state index contributed by atoms with van der Waals surface area (Å²) in [6, 6.07) is 6.43. The number of nitrogens with zero attached hydrogens (tertiary/aromatic N) is 1. The van der Waals surface area contributed by atoms with Crippen LogP contribution in [0.25, 0.3) is 0 Å². The number of hydrogen-bond acceptors (Lipinski definition) is 2. The lowest BCUT2D eigenvalue weighted by Gasteiger charge is -2.22. The molecule has 98 valence electrons. The van der Waals surface area contributed by atoms with Gasteiger partial charge in [0.15, 0.2) is 0 Å². The van der Waals surface area contributed by atoms with Gasteiger partial charge in [0.1, 0.15) is 0 Å². The predicted molar refractivity (Wildman–Crippen MR) is 74.6 cm³/mol. The van der Waals surface area contributed by atoms with Crippen LogP contribution >= 0.6 is 0 Å². The van der Waals surface area contributed by atoms with Crippen molar-refractivity contribution < 1.29 is 4.79 Å². The maximum Gasteiger partial charge on any atom is 0.229 e. The molecule has 1 aliphatic rings. The molecule has 1 aromatic carbocycles. The second-order valence-electron chi connectivity index (χ2n) is 5.51. The fourth-order valence-electron chi connectivity index (χ4n) is 2.79. The van der Waals surface area contributed by atoms with Crippen molar-refractivity contribution in [3.05, 3.63) is 29.3 Å². The van der Waals surface area contributed by atoms with E-state index in [1.54, 1.807) is 4.90 Å². The molecule has 1 aliphatic carbocycles. The van der Waals surface area contributed by atoms with Crippen LogP contribution in [0.3, 0.4) is 0 Å². The first-order valence-electron chi connectivity index (χ1n) is 6.59. The standard InChI is InChI=1S/C15H22N2O/c1-10-6-11(2)8-14(7-10)17(3)15(18)12-4-5-13(16)9-12/h6-8,12-13H,4-5,9,16H2,1-3H3. The Hall–Kier alpha value is -1.35. The van der Waals surface area contributed by atoms with E-state index in [1.165, 1.54) is 11.1 Å². The number of hydrogen-bond donors (Lipinski definition) is 1. The van der Waals surface area contributed by atoms with Gasteiger partial charge in [-0.3, -0.25) is 4.79 Å². The van der Waals surface area contributed by atoms with Gasteiger partial charge in [0.05, 0.1) is 0 Å². The van der Waals surface area contributed by atoms with Crippen molar-refractivity contribution in [3.8, 4) is 0 Å². The summed E-state index contributed by atoms with van der Waals surface area (Å²) in [5, 5.41) is 0. The molecule has 0 heterocycles. The first-order valence-corrected chi connectivity index (χ1v) is 6.59. The number of carbonyl (C=O) groups excluding carboxylic acids is 1. The van der Waals surface area contributed by atoms with E-state index in [0.717, 1.165) is 24.9 Å². The molecular weight excluding hydrogens is 224 g/mol. The molecule has 0 aromatic heterocycles. The third kappa shape index (κ3) is 2.72. The highest BCUT2D eigenvalue weighted by molar-refractivity contribution is 5.94. The number of amides is 1. The fraction of sp³-hybridized carbons (Fsp3) is 0.533. The van der Waals surface area contributed by atoms with Crippen LogP contribution in [0.5, 0.6) is 0 Å². The number of aryl methyl sites for hydroxylation is 2. The third-order valence-corrected chi connectivity index (χ3v) is 3.75. The van der Waals surface area contributed by atoms with E-state index < -0.39 is 0 Å². The summed E-state index contributed by atoms with van der Waals surface area (Å²) in [6.45, 7) is 4.11. The summed E-state index contributed by atoms with van der Waals surface area (Å²) >= 11 is 0. The van der Waals surface area contributed by atoms with E-state index in [-0.39, 0.29) is 17.9 Å². The van der Waals surface area contributed by atoms with Crippen LogP contribution in [0.2, 0.25) is 0 Å². The Balaban J connectivity index is 2.15. The Kier molecular flexibility index (Phi) is 3.71. The van der Waals surface area contributed by atoms with Gasteiger partial charge in [-0.1, -0.05) is 6.07 Å². The maximum atomic E-state index is 12.4. The zero-order chi connectivity index (χ0) is 13.3. The van der Waals surface area contributed by atoms with Gasteiger partial charge in [-0.2, -0.15) is 0 Å². The molecule has 2 N–H and O–H groups in total. The molecule has 0 aliphatic heterocycles. The molecule has 0 saturated heterocycles. The van der Waals surface area contributed by atoms with Crippen molar-refractivity contribution in [3.63, 3.8) is 0 Å². The summed E-state index contributed by atoms with van der Waals surface area (Å²) in [4.78, 5) is 14.2. The van der Waals surface area contributed by atoms with Gasteiger partial charge in [-0.05, 0) is 56.4 Å². The average Bonchev–Trinajstić information content (AvgIpc) is 2.72. The lowest BCUT2D eigenvalue weighted by atomic mass is 10.1. The van der Waals surface area contributed by atoms with E-state index >= 15 is 0 Å². The highest BCUT2D eigenvalue weighted by Gasteiger charge is 2.30. The maximum absolute atomic E-state index is 12.4. The molecule has 0 bridgehead atoms. The molecule has 3 heteroatoms.